The first-order valence-electron chi connectivity index (χ1n) is 9.56. The predicted octanol–water partition coefficient (Wildman–Crippen LogP) is 4.12. The molecule has 0 spiro atoms. The van der Waals surface area contributed by atoms with Gasteiger partial charge in [0, 0.05) is 36.8 Å². The molecule has 1 aliphatic rings. The van der Waals surface area contributed by atoms with Crippen LogP contribution < -0.4 is 10.2 Å². The van der Waals surface area contributed by atoms with Gasteiger partial charge in [0.25, 0.3) is 0 Å². The van der Waals surface area contributed by atoms with Gasteiger partial charge in [0.1, 0.15) is 0 Å². The second-order valence-corrected chi connectivity index (χ2v) is 9.13. The Morgan fingerprint density at radius 3 is 2.32 bits per heavy atom. The molecular formula is C22H26N2O3S. The van der Waals surface area contributed by atoms with Gasteiger partial charge in [-0.3, -0.25) is 4.79 Å². The molecule has 0 bridgehead atoms. The lowest BCUT2D eigenvalue weighted by molar-refractivity contribution is -0.111. The Hall–Kier alpha value is -2.60. The molecule has 2 aromatic carbocycles. The number of carbonyl (C=O) groups excluding carboxylic acids is 1. The molecule has 5 nitrogen and oxygen atoms in total. The van der Waals surface area contributed by atoms with Crippen LogP contribution in [-0.2, 0) is 14.6 Å². The van der Waals surface area contributed by atoms with Crippen molar-refractivity contribution in [2.45, 2.75) is 30.6 Å². The average Bonchev–Trinajstić information content (AvgIpc) is 2.96. The van der Waals surface area contributed by atoms with Crippen LogP contribution in [0.3, 0.4) is 0 Å². The summed E-state index contributed by atoms with van der Waals surface area (Å²) in [5.41, 5.74) is 2.62. The van der Waals surface area contributed by atoms with E-state index in [9.17, 15) is 13.2 Å². The van der Waals surface area contributed by atoms with Crippen molar-refractivity contribution in [2.24, 2.45) is 0 Å². The van der Waals surface area contributed by atoms with Crippen LogP contribution in [0.2, 0.25) is 0 Å². The molecule has 0 saturated carbocycles. The maximum atomic E-state index is 12.1. The molecule has 1 fully saturated rings. The Kier molecular flexibility index (Phi) is 6.52. The van der Waals surface area contributed by atoms with Crippen molar-refractivity contribution in [2.75, 3.05) is 29.6 Å². The summed E-state index contributed by atoms with van der Waals surface area (Å²) in [5, 5.41) is 2.70. The number of anilines is 2. The van der Waals surface area contributed by atoms with Crippen LogP contribution in [-0.4, -0.2) is 33.7 Å². The minimum absolute atomic E-state index is 0.179. The van der Waals surface area contributed by atoms with Crippen LogP contribution in [0.1, 0.15) is 31.2 Å². The van der Waals surface area contributed by atoms with Crippen molar-refractivity contribution >= 4 is 33.2 Å². The molecule has 1 heterocycles. The molecule has 148 valence electrons. The lowest BCUT2D eigenvalue weighted by Crippen LogP contribution is -2.23. The first-order valence-corrected chi connectivity index (χ1v) is 11.5. The maximum absolute atomic E-state index is 12.1. The van der Waals surface area contributed by atoms with Crippen LogP contribution in [0.15, 0.2) is 59.5 Å². The van der Waals surface area contributed by atoms with E-state index >= 15 is 0 Å². The van der Waals surface area contributed by atoms with Crippen molar-refractivity contribution in [3.8, 4) is 0 Å². The Morgan fingerprint density at radius 2 is 1.68 bits per heavy atom. The molecule has 0 aliphatic carbocycles. The topological polar surface area (TPSA) is 66.5 Å². The molecule has 1 saturated heterocycles. The van der Waals surface area contributed by atoms with E-state index in [1.165, 1.54) is 49.6 Å². The standard InChI is InChI=1S/C22H26N2O3S/c1-28(26,27)21-8-6-7-19(17-21)23-22(25)14-11-18-9-12-20(13-10-18)24-15-4-2-3-5-16-24/h6-14,17H,2-5,15-16H2,1H3,(H,23,25)/b14-11+. The van der Waals surface area contributed by atoms with E-state index in [1.54, 1.807) is 18.2 Å². The number of rotatable bonds is 5. The van der Waals surface area contributed by atoms with E-state index in [4.69, 9.17) is 0 Å². The fourth-order valence-corrected chi connectivity index (χ4v) is 3.95. The van der Waals surface area contributed by atoms with E-state index < -0.39 is 9.84 Å². The van der Waals surface area contributed by atoms with E-state index in [0.29, 0.717) is 5.69 Å². The minimum Gasteiger partial charge on any atom is -0.372 e. The summed E-state index contributed by atoms with van der Waals surface area (Å²) in [7, 11) is -3.31. The molecule has 6 heteroatoms. The lowest BCUT2D eigenvalue weighted by atomic mass is 10.1. The zero-order valence-corrected chi connectivity index (χ0v) is 16.9. The molecule has 1 aliphatic heterocycles. The first kappa shape index (κ1) is 20.1. The van der Waals surface area contributed by atoms with Gasteiger partial charge in [0.15, 0.2) is 9.84 Å². The Labute approximate surface area is 167 Å². The van der Waals surface area contributed by atoms with Gasteiger partial charge in [-0.05, 0) is 54.8 Å². The Morgan fingerprint density at radius 1 is 1.00 bits per heavy atom. The maximum Gasteiger partial charge on any atom is 0.248 e. The summed E-state index contributed by atoms with van der Waals surface area (Å²) in [6.07, 6.45) is 9.43. The lowest BCUT2D eigenvalue weighted by Gasteiger charge is -2.22. The van der Waals surface area contributed by atoms with Crippen LogP contribution in [0.5, 0.6) is 0 Å². The molecule has 0 aromatic heterocycles. The average molecular weight is 399 g/mol. The van der Waals surface area contributed by atoms with Gasteiger partial charge in [-0.25, -0.2) is 8.42 Å². The highest BCUT2D eigenvalue weighted by Gasteiger charge is 2.10. The number of hydrogen-bond donors (Lipinski definition) is 1. The van der Waals surface area contributed by atoms with Gasteiger partial charge in [0.2, 0.25) is 5.91 Å². The summed E-state index contributed by atoms with van der Waals surface area (Å²) in [5.74, 6) is -0.303. The Balaban J connectivity index is 1.61. The van der Waals surface area contributed by atoms with E-state index in [2.05, 4.69) is 22.3 Å². The summed E-state index contributed by atoms with van der Waals surface area (Å²) < 4.78 is 23.2. The predicted molar refractivity (Wildman–Crippen MR) is 114 cm³/mol. The number of nitrogens with one attached hydrogen (secondary N) is 1. The van der Waals surface area contributed by atoms with Gasteiger partial charge in [-0.2, -0.15) is 0 Å². The molecule has 1 amide bonds. The highest BCUT2D eigenvalue weighted by atomic mass is 32.2. The summed E-state index contributed by atoms with van der Waals surface area (Å²) in [6, 6.07) is 14.4. The van der Waals surface area contributed by atoms with Gasteiger partial charge >= 0.3 is 0 Å². The fourth-order valence-electron chi connectivity index (χ4n) is 3.29. The number of nitrogens with zero attached hydrogens (tertiary/aromatic N) is 1. The Bertz CT molecular complexity index is 942. The highest BCUT2D eigenvalue weighted by Crippen LogP contribution is 2.20. The number of carbonyl (C=O) groups is 1. The third kappa shape index (κ3) is 5.70. The van der Waals surface area contributed by atoms with Crippen LogP contribution >= 0.6 is 0 Å². The van der Waals surface area contributed by atoms with Crippen molar-refractivity contribution in [1.29, 1.82) is 0 Å². The van der Waals surface area contributed by atoms with E-state index in [1.807, 2.05) is 12.1 Å². The van der Waals surface area contributed by atoms with Crippen LogP contribution in [0, 0.1) is 0 Å². The van der Waals surface area contributed by atoms with E-state index in [0.717, 1.165) is 24.9 Å². The number of amides is 1. The van der Waals surface area contributed by atoms with Crippen molar-refractivity contribution in [1.82, 2.24) is 0 Å². The molecule has 0 radical (unpaired) electrons. The number of sulfone groups is 1. The third-order valence-electron chi connectivity index (χ3n) is 4.82. The monoisotopic (exact) mass is 398 g/mol. The van der Waals surface area contributed by atoms with Gasteiger partial charge in [-0.1, -0.05) is 31.0 Å². The number of hydrogen-bond acceptors (Lipinski definition) is 4. The molecule has 0 unspecified atom stereocenters. The zero-order valence-electron chi connectivity index (χ0n) is 16.1. The minimum atomic E-state index is -3.31. The first-order chi connectivity index (χ1) is 13.4. The second kappa shape index (κ2) is 9.06. The zero-order chi connectivity index (χ0) is 20.0. The van der Waals surface area contributed by atoms with E-state index in [-0.39, 0.29) is 10.8 Å². The normalized spacial score (nSPS) is 15.4. The smallest absolute Gasteiger partial charge is 0.248 e. The molecule has 28 heavy (non-hydrogen) atoms. The quantitative estimate of drug-likeness (QED) is 0.770. The van der Waals surface area contributed by atoms with Gasteiger partial charge in [0.05, 0.1) is 4.90 Å². The second-order valence-electron chi connectivity index (χ2n) is 7.12. The molecule has 1 N–H and O–H groups in total. The highest BCUT2D eigenvalue weighted by molar-refractivity contribution is 7.90. The third-order valence-corrected chi connectivity index (χ3v) is 5.93. The SMILES string of the molecule is CS(=O)(=O)c1cccc(NC(=O)/C=C/c2ccc(N3CCCCCC3)cc2)c1. The number of benzene rings is 2. The van der Waals surface area contributed by atoms with Crippen LogP contribution in [0.25, 0.3) is 6.08 Å². The van der Waals surface area contributed by atoms with Crippen molar-refractivity contribution in [3.63, 3.8) is 0 Å². The van der Waals surface area contributed by atoms with Crippen molar-refractivity contribution < 1.29 is 13.2 Å². The molecular weight excluding hydrogens is 372 g/mol. The summed E-state index contributed by atoms with van der Waals surface area (Å²) >= 11 is 0. The molecule has 2 aromatic rings. The summed E-state index contributed by atoms with van der Waals surface area (Å²) in [6.45, 7) is 2.20. The molecule has 3 rings (SSSR count). The molecule has 0 atom stereocenters. The van der Waals surface area contributed by atoms with Crippen LogP contribution in [0.4, 0.5) is 11.4 Å². The van der Waals surface area contributed by atoms with Gasteiger partial charge in [-0.15, -0.1) is 0 Å². The fraction of sp³-hybridized carbons (Fsp3) is 0.318. The van der Waals surface area contributed by atoms with Crippen molar-refractivity contribution in [3.05, 3.63) is 60.2 Å². The largest absolute Gasteiger partial charge is 0.372 e. The summed E-state index contributed by atoms with van der Waals surface area (Å²) in [4.78, 5) is 14.7. The van der Waals surface area contributed by atoms with Gasteiger partial charge < -0.3 is 10.2 Å².